The Hall–Kier alpha value is -2.17. The van der Waals surface area contributed by atoms with E-state index < -0.39 is 10.2 Å². The maximum Gasteiger partial charge on any atom is 0.301 e. The van der Waals surface area contributed by atoms with Crippen molar-refractivity contribution in [2.45, 2.75) is 19.4 Å². The van der Waals surface area contributed by atoms with Gasteiger partial charge in [0.1, 0.15) is 11.8 Å². The number of nitrogens with zero attached hydrogens (tertiary/aromatic N) is 3. The molecular formula is C14H14N4O2S. The fraction of sp³-hybridized carbons (Fsp3) is 0.286. The molecular weight excluding hydrogens is 288 g/mol. The van der Waals surface area contributed by atoms with Crippen LogP contribution in [0.25, 0.3) is 10.8 Å². The molecule has 1 unspecified atom stereocenters. The van der Waals surface area contributed by atoms with E-state index in [0.29, 0.717) is 17.9 Å². The smallest absolute Gasteiger partial charge is 0.258 e. The van der Waals surface area contributed by atoms with Gasteiger partial charge in [-0.15, -0.1) is 0 Å². The molecule has 1 fully saturated rings. The van der Waals surface area contributed by atoms with Crippen LogP contribution in [0.3, 0.4) is 0 Å². The largest absolute Gasteiger partial charge is 0.301 e. The molecule has 0 bridgehead atoms. The van der Waals surface area contributed by atoms with Crippen LogP contribution in [-0.4, -0.2) is 26.0 Å². The Morgan fingerprint density at radius 1 is 1.43 bits per heavy atom. The predicted octanol–water partition coefficient (Wildman–Crippen LogP) is 1.54. The molecule has 0 spiro atoms. The normalized spacial score (nSPS) is 21.1. The predicted molar refractivity (Wildman–Crippen MR) is 79.9 cm³/mol. The van der Waals surface area contributed by atoms with Crippen LogP contribution in [0.5, 0.6) is 0 Å². The fourth-order valence-electron chi connectivity index (χ4n) is 2.49. The topological polar surface area (TPSA) is 86.1 Å². The van der Waals surface area contributed by atoms with Crippen molar-refractivity contribution in [1.29, 1.82) is 5.26 Å². The summed E-state index contributed by atoms with van der Waals surface area (Å²) in [4.78, 5) is 4.00. The molecule has 0 amide bonds. The first-order valence-electron chi connectivity index (χ1n) is 6.60. The molecule has 1 aromatic carbocycles. The lowest BCUT2D eigenvalue weighted by Crippen LogP contribution is -2.51. The summed E-state index contributed by atoms with van der Waals surface area (Å²) < 4.78 is 28.4. The molecule has 0 radical (unpaired) electrons. The number of anilines is 1. The molecule has 0 saturated carbocycles. The van der Waals surface area contributed by atoms with Crippen LogP contribution in [0.1, 0.15) is 19.0 Å². The second-order valence-corrected chi connectivity index (χ2v) is 6.69. The summed E-state index contributed by atoms with van der Waals surface area (Å²) >= 11 is 0. The summed E-state index contributed by atoms with van der Waals surface area (Å²) in [5, 5.41) is 10.6. The van der Waals surface area contributed by atoms with Gasteiger partial charge in [0, 0.05) is 24.2 Å². The quantitative estimate of drug-likeness (QED) is 0.865. The van der Waals surface area contributed by atoms with E-state index in [4.69, 9.17) is 5.26 Å². The minimum absolute atomic E-state index is 0.0545. The van der Waals surface area contributed by atoms with Crippen molar-refractivity contribution < 1.29 is 8.42 Å². The van der Waals surface area contributed by atoms with Gasteiger partial charge >= 0.3 is 10.2 Å². The van der Waals surface area contributed by atoms with E-state index in [-0.39, 0.29) is 6.04 Å². The molecule has 1 aliphatic rings. The van der Waals surface area contributed by atoms with E-state index in [2.05, 4.69) is 9.71 Å². The Bertz CT molecular complexity index is 842. The number of nitriles is 1. The van der Waals surface area contributed by atoms with Crippen molar-refractivity contribution in [1.82, 2.24) is 9.71 Å². The molecule has 7 heteroatoms. The Morgan fingerprint density at radius 2 is 2.24 bits per heavy atom. The van der Waals surface area contributed by atoms with Gasteiger partial charge in [0.2, 0.25) is 0 Å². The van der Waals surface area contributed by atoms with Crippen molar-refractivity contribution >= 4 is 26.7 Å². The highest BCUT2D eigenvalue weighted by atomic mass is 32.2. The van der Waals surface area contributed by atoms with Gasteiger partial charge in [-0.1, -0.05) is 0 Å². The maximum absolute atomic E-state index is 12.2. The zero-order valence-electron chi connectivity index (χ0n) is 11.4. The Morgan fingerprint density at radius 3 is 2.95 bits per heavy atom. The highest BCUT2D eigenvalue weighted by Gasteiger charge is 2.29. The van der Waals surface area contributed by atoms with Crippen LogP contribution >= 0.6 is 0 Å². The molecule has 1 saturated heterocycles. The second-order valence-electron chi connectivity index (χ2n) is 5.06. The number of benzene rings is 1. The first kappa shape index (κ1) is 13.8. The van der Waals surface area contributed by atoms with E-state index in [1.54, 1.807) is 30.5 Å². The average molecular weight is 302 g/mol. The standard InChI is InChI=1S/C14H14N4O2S/c1-10-5-7-18(21(19,20)17-10)12-2-3-13-11(8-12)4-6-16-14(13)9-15/h2-4,6,8,10,17H,5,7H2,1H3. The van der Waals surface area contributed by atoms with E-state index in [1.807, 2.05) is 13.0 Å². The fourth-order valence-corrected chi connectivity index (χ4v) is 3.98. The molecule has 1 atom stereocenters. The minimum atomic E-state index is -3.51. The number of nitrogens with one attached hydrogen (secondary N) is 1. The first-order chi connectivity index (χ1) is 10.0. The molecule has 1 aliphatic heterocycles. The number of aromatic nitrogens is 1. The van der Waals surface area contributed by atoms with Crippen molar-refractivity contribution in [3.05, 3.63) is 36.2 Å². The zero-order chi connectivity index (χ0) is 15.0. The van der Waals surface area contributed by atoms with Gasteiger partial charge in [0.15, 0.2) is 0 Å². The van der Waals surface area contributed by atoms with E-state index in [0.717, 1.165) is 17.2 Å². The number of fused-ring (bicyclic) bond motifs is 1. The Balaban J connectivity index is 2.08. The average Bonchev–Trinajstić information content (AvgIpc) is 2.45. The van der Waals surface area contributed by atoms with Crippen molar-refractivity contribution in [2.24, 2.45) is 0 Å². The van der Waals surface area contributed by atoms with Crippen LogP contribution in [-0.2, 0) is 10.2 Å². The van der Waals surface area contributed by atoms with E-state index >= 15 is 0 Å². The number of hydrogen-bond acceptors (Lipinski definition) is 4. The third kappa shape index (κ3) is 2.44. The highest BCUT2D eigenvalue weighted by Crippen LogP contribution is 2.26. The monoisotopic (exact) mass is 302 g/mol. The van der Waals surface area contributed by atoms with Gasteiger partial charge in [0.05, 0.1) is 5.69 Å². The summed E-state index contributed by atoms with van der Waals surface area (Å²) in [7, 11) is -3.51. The van der Waals surface area contributed by atoms with Gasteiger partial charge in [-0.05, 0) is 43.0 Å². The van der Waals surface area contributed by atoms with E-state index in [1.165, 1.54) is 4.31 Å². The molecule has 2 heterocycles. The maximum atomic E-state index is 12.2. The summed E-state index contributed by atoms with van der Waals surface area (Å²) in [5.41, 5.74) is 0.935. The molecule has 108 valence electrons. The summed E-state index contributed by atoms with van der Waals surface area (Å²) in [5.74, 6) is 0. The first-order valence-corrected chi connectivity index (χ1v) is 8.04. The molecule has 1 N–H and O–H groups in total. The minimum Gasteiger partial charge on any atom is -0.258 e. The summed E-state index contributed by atoms with van der Waals surface area (Å²) in [6.07, 6.45) is 2.30. The molecule has 21 heavy (non-hydrogen) atoms. The Kier molecular flexibility index (Phi) is 3.27. The lowest BCUT2D eigenvalue weighted by atomic mass is 10.1. The van der Waals surface area contributed by atoms with Crippen LogP contribution < -0.4 is 9.03 Å². The van der Waals surface area contributed by atoms with E-state index in [9.17, 15) is 8.42 Å². The zero-order valence-corrected chi connectivity index (χ0v) is 12.3. The van der Waals surface area contributed by atoms with Crippen LogP contribution in [0, 0.1) is 11.3 Å². The lowest BCUT2D eigenvalue weighted by molar-refractivity contribution is 0.520. The third-order valence-corrected chi connectivity index (χ3v) is 5.22. The molecule has 2 aromatic rings. The molecule has 3 rings (SSSR count). The van der Waals surface area contributed by atoms with Gasteiger partial charge < -0.3 is 0 Å². The molecule has 1 aromatic heterocycles. The van der Waals surface area contributed by atoms with Gasteiger partial charge in [-0.2, -0.15) is 18.4 Å². The van der Waals surface area contributed by atoms with Crippen LogP contribution in [0.2, 0.25) is 0 Å². The second kappa shape index (κ2) is 4.98. The summed E-state index contributed by atoms with van der Waals surface area (Å²) in [6, 6.07) is 8.97. The molecule has 6 nitrogen and oxygen atoms in total. The lowest BCUT2D eigenvalue weighted by Gasteiger charge is -2.32. The van der Waals surface area contributed by atoms with Gasteiger partial charge in [0.25, 0.3) is 0 Å². The van der Waals surface area contributed by atoms with Crippen molar-refractivity contribution in [3.63, 3.8) is 0 Å². The number of hydrogen-bond donors (Lipinski definition) is 1. The van der Waals surface area contributed by atoms with Gasteiger partial charge in [-0.25, -0.2) is 4.98 Å². The van der Waals surface area contributed by atoms with Gasteiger partial charge in [-0.3, -0.25) is 4.31 Å². The number of rotatable bonds is 1. The van der Waals surface area contributed by atoms with Crippen molar-refractivity contribution in [3.8, 4) is 6.07 Å². The van der Waals surface area contributed by atoms with Crippen LogP contribution in [0.4, 0.5) is 5.69 Å². The third-order valence-electron chi connectivity index (χ3n) is 3.55. The molecule has 0 aliphatic carbocycles. The number of pyridine rings is 1. The SMILES string of the molecule is CC1CCN(c2ccc3c(C#N)nccc3c2)S(=O)(=O)N1. The van der Waals surface area contributed by atoms with Crippen LogP contribution in [0.15, 0.2) is 30.5 Å². The Labute approximate surface area is 123 Å². The summed E-state index contributed by atoms with van der Waals surface area (Å²) in [6.45, 7) is 2.29. The highest BCUT2D eigenvalue weighted by molar-refractivity contribution is 7.91. The van der Waals surface area contributed by atoms with Crippen molar-refractivity contribution in [2.75, 3.05) is 10.8 Å².